The highest BCUT2D eigenvalue weighted by Crippen LogP contribution is 2.32. The molecule has 5 nitrogen and oxygen atoms in total. The molecule has 1 amide bonds. The summed E-state index contributed by atoms with van der Waals surface area (Å²) in [7, 11) is 0. The normalized spacial score (nSPS) is 15.0. The van der Waals surface area contributed by atoms with Gasteiger partial charge in [-0.1, -0.05) is 37.5 Å². The van der Waals surface area contributed by atoms with E-state index in [1.807, 2.05) is 24.3 Å². The van der Waals surface area contributed by atoms with Gasteiger partial charge in [-0.05, 0) is 43.2 Å². The van der Waals surface area contributed by atoms with E-state index >= 15 is 0 Å². The van der Waals surface area contributed by atoms with Crippen molar-refractivity contribution >= 4 is 27.7 Å². The fraction of sp³-hybridized carbons (Fsp3) is 0.292. The van der Waals surface area contributed by atoms with Crippen molar-refractivity contribution in [1.29, 1.82) is 0 Å². The minimum atomic E-state index is -0.294. The van der Waals surface area contributed by atoms with Gasteiger partial charge in [0.05, 0.1) is 11.0 Å². The van der Waals surface area contributed by atoms with E-state index in [-0.39, 0.29) is 24.3 Å². The van der Waals surface area contributed by atoms with Gasteiger partial charge in [0.15, 0.2) is 0 Å². The van der Waals surface area contributed by atoms with Crippen LogP contribution in [0.4, 0.5) is 4.39 Å². The molecule has 4 aromatic rings. The summed E-state index contributed by atoms with van der Waals surface area (Å²) in [5, 5.41) is 9.74. The van der Waals surface area contributed by atoms with E-state index in [1.165, 1.54) is 31.4 Å². The van der Waals surface area contributed by atoms with Crippen LogP contribution in [0, 0.1) is 5.82 Å². The van der Waals surface area contributed by atoms with Crippen LogP contribution in [0.5, 0.6) is 0 Å². The van der Waals surface area contributed by atoms with E-state index in [1.54, 1.807) is 23.0 Å². The quantitative estimate of drug-likeness (QED) is 0.531. The predicted octanol–water partition coefficient (Wildman–Crippen LogP) is 4.84. The molecule has 2 aromatic heterocycles. The lowest BCUT2D eigenvalue weighted by molar-refractivity contribution is -0.122. The number of hydrogen-bond acceptors (Lipinski definition) is 3. The number of aromatic nitrogens is 3. The molecule has 1 N–H and O–H groups in total. The van der Waals surface area contributed by atoms with Gasteiger partial charge in [-0.15, -0.1) is 0 Å². The van der Waals surface area contributed by atoms with Crippen LogP contribution in [-0.4, -0.2) is 26.7 Å². The van der Waals surface area contributed by atoms with Gasteiger partial charge in [-0.2, -0.15) is 5.10 Å². The number of benzene rings is 2. The number of nitrogens with one attached hydrogen (secondary N) is 1. The van der Waals surface area contributed by atoms with Gasteiger partial charge >= 0.3 is 0 Å². The molecule has 6 heteroatoms. The molecule has 5 rings (SSSR count). The highest BCUT2D eigenvalue weighted by atomic mass is 19.1. The zero-order valence-electron chi connectivity index (χ0n) is 16.6. The molecule has 2 heterocycles. The number of para-hydroxylation sites is 1. The zero-order valence-corrected chi connectivity index (χ0v) is 16.6. The summed E-state index contributed by atoms with van der Waals surface area (Å²) in [6.45, 7) is 0.141. The molecule has 2 aromatic carbocycles. The summed E-state index contributed by atoms with van der Waals surface area (Å²) in [4.78, 5) is 17.4. The second-order valence-electron chi connectivity index (χ2n) is 7.95. The number of pyridine rings is 1. The van der Waals surface area contributed by atoms with E-state index in [4.69, 9.17) is 5.10 Å². The summed E-state index contributed by atoms with van der Waals surface area (Å²) in [5.41, 5.74) is 3.22. The third-order valence-electron chi connectivity index (χ3n) is 5.86. The molecule has 30 heavy (non-hydrogen) atoms. The van der Waals surface area contributed by atoms with E-state index in [2.05, 4.69) is 10.3 Å². The Morgan fingerprint density at radius 1 is 1.03 bits per heavy atom. The maximum Gasteiger partial charge on any atom is 0.241 e. The molecule has 0 atom stereocenters. The standard InChI is InChI=1S/C24H23FN4O/c25-17-12-10-16(11-13-17)23-20-14-26-21-9-5-4-8-19(21)24(20)29(28-23)15-22(30)27-18-6-2-1-3-7-18/h4-5,8-14,18H,1-3,6-7,15H2,(H,27,30). The van der Waals surface area contributed by atoms with Crippen LogP contribution in [0.1, 0.15) is 32.1 Å². The zero-order chi connectivity index (χ0) is 20.5. The first-order valence-electron chi connectivity index (χ1n) is 10.5. The van der Waals surface area contributed by atoms with Crippen LogP contribution in [-0.2, 0) is 11.3 Å². The fourth-order valence-electron chi connectivity index (χ4n) is 4.39. The first kappa shape index (κ1) is 18.7. The predicted molar refractivity (Wildman–Crippen MR) is 115 cm³/mol. The third kappa shape index (κ3) is 3.54. The SMILES string of the molecule is O=C(Cn1nc(-c2ccc(F)cc2)c2cnc3ccccc3c21)NC1CCCCC1. The van der Waals surface area contributed by atoms with Crippen molar-refractivity contribution in [3.05, 3.63) is 60.5 Å². The molecule has 0 bridgehead atoms. The Balaban J connectivity index is 1.58. The topological polar surface area (TPSA) is 59.8 Å². The fourth-order valence-corrected chi connectivity index (χ4v) is 4.39. The monoisotopic (exact) mass is 402 g/mol. The van der Waals surface area contributed by atoms with Crippen molar-refractivity contribution in [1.82, 2.24) is 20.1 Å². The number of carbonyl (C=O) groups excluding carboxylic acids is 1. The average Bonchev–Trinajstić information content (AvgIpc) is 3.13. The summed E-state index contributed by atoms with van der Waals surface area (Å²) in [6, 6.07) is 14.4. The lowest BCUT2D eigenvalue weighted by atomic mass is 9.95. The molecule has 152 valence electrons. The number of rotatable bonds is 4. The number of carbonyl (C=O) groups is 1. The van der Waals surface area contributed by atoms with Gasteiger partial charge in [0.1, 0.15) is 18.1 Å². The van der Waals surface area contributed by atoms with Gasteiger partial charge in [0.25, 0.3) is 0 Å². The molecule has 1 aliphatic carbocycles. The van der Waals surface area contributed by atoms with Gasteiger partial charge in [-0.3, -0.25) is 14.5 Å². The summed E-state index contributed by atoms with van der Waals surface area (Å²) in [6.07, 6.45) is 7.45. The minimum absolute atomic E-state index is 0.0298. The lowest BCUT2D eigenvalue weighted by Gasteiger charge is -2.22. The van der Waals surface area contributed by atoms with Crippen LogP contribution < -0.4 is 5.32 Å². The summed E-state index contributed by atoms with van der Waals surface area (Å²) >= 11 is 0. The van der Waals surface area contributed by atoms with Crippen LogP contribution in [0.2, 0.25) is 0 Å². The molecular formula is C24H23FN4O. The summed E-state index contributed by atoms with van der Waals surface area (Å²) < 4.78 is 15.2. The smallest absolute Gasteiger partial charge is 0.241 e. The first-order valence-corrected chi connectivity index (χ1v) is 10.5. The molecule has 0 saturated heterocycles. The molecule has 1 aliphatic rings. The average molecular weight is 402 g/mol. The highest BCUT2D eigenvalue weighted by Gasteiger charge is 2.20. The Kier molecular flexibility index (Phi) is 4.91. The van der Waals surface area contributed by atoms with E-state index < -0.39 is 0 Å². The lowest BCUT2D eigenvalue weighted by Crippen LogP contribution is -2.38. The Morgan fingerprint density at radius 3 is 2.60 bits per heavy atom. The maximum absolute atomic E-state index is 13.4. The minimum Gasteiger partial charge on any atom is -0.352 e. The Morgan fingerprint density at radius 2 is 1.80 bits per heavy atom. The van der Waals surface area contributed by atoms with E-state index in [9.17, 15) is 9.18 Å². The van der Waals surface area contributed by atoms with E-state index in [0.29, 0.717) is 5.69 Å². The number of nitrogens with zero attached hydrogens (tertiary/aromatic N) is 3. The molecule has 1 saturated carbocycles. The Bertz CT molecular complexity index is 1210. The van der Waals surface area contributed by atoms with Crippen molar-refractivity contribution in [2.45, 2.75) is 44.7 Å². The molecular weight excluding hydrogens is 379 g/mol. The van der Waals surface area contributed by atoms with Crippen LogP contribution >= 0.6 is 0 Å². The molecule has 0 aliphatic heterocycles. The molecule has 0 spiro atoms. The van der Waals surface area contributed by atoms with Gasteiger partial charge in [-0.25, -0.2) is 4.39 Å². The second-order valence-corrected chi connectivity index (χ2v) is 7.95. The third-order valence-corrected chi connectivity index (χ3v) is 5.86. The summed E-state index contributed by atoms with van der Waals surface area (Å²) in [5.74, 6) is -0.323. The largest absolute Gasteiger partial charge is 0.352 e. The van der Waals surface area contributed by atoms with Crippen molar-refractivity contribution in [3.63, 3.8) is 0 Å². The van der Waals surface area contributed by atoms with Gasteiger partial charge < -0.3 is 5.32 Å². The maximum atomic E-state index is 13.4. The Labute approximate surface area is 173 Å². The number of halogens is 1. The van der Waals surface area contributed by atoms with Gasteiger partial charge in [0.2, 0.25) is 5.91 Å². The van der Waals surface area contributed by atoms with Crippen LogP contribution in [0.25, 0.3) is 33.1 Å². The number of amides is 1. The van der Waals surface area contributed by atoms with Crippen molar-refractivity contribution < 1.29 is 9.18 Å². The first-order chi connectivity index (χ1) is 14.7. The van der Waals surface area contributed by atoms with Gasteiger partial charge in [0, 0.05) is 28.6 Å². The highest BCUT2D eigenvalue weighted by molar-refractivity contribution is 6.08. The Hall–Kier alpha value is -3.28. The molecule has 1 fully saturated rings. The van der Waals surface area contributed by atoms with Crippen LogP contribution in [0.3, 0.4) is 0 Å². The second kappa shape index (κ2) is 7.86. The van der Waals surface area contributed by atoms with Crippen molar-refractivity contribution in [2.75, 3.05) is 0 Å². The van der Waals surface area contributed by atoms with Crippen LogP contribution in [0.15, 0.2) is 54.7 Å². The molecule has 0 unspecified atom stereocenters. The molecule has 0 radical (unpaired) electrons. The van der Waals surface area contributed by atoms with E-state index in [0.717, 1.165) is 40.2 Å². The van der Waals surface area contributed by atoms with Crippen molar-refractivity contribution in [3.8, 4) is 11.3 Å². The number of hydrogen-bond donors (Lipinski definition) is 1. The van der Waals surface area contributed by atoms with Crippen molar-refractivity contribution in [2.24, 2.45) is 0 Å². The number of fused-ring (bicyclic) bond motifs is 3.